The van der Waals surface area contributed by atoms with Gasteiger partial charge >= 0.3 is 5.97 Å². The number of hydrogen-bond acceptors (Lipinski definition) is 5. The Kier molecular flexibility index (Phi) is 6.49. The fourth-order valence-electron chi connectivity index (χ4n) is 2.34. The number of carboxylic acid groups (broad SMARTS) is 1. The SMILES string of the molecule is C[C@H](N)C(=O)N1CCC[C@H]1C(=O)N[C@@H](C)C(=O)N[C@@H](C)C(=O)O. The molecule has 0 radical (unpaired) electrons. The topological polar surface area (TPSA) is 142 Å². The number of carbonyl (C=O) groups is 4. The molecular formula is C14H24N4O5. The third-order valence-corrected chi connectivity index (χ3v) is 3.71. The number of nitrogens with one attached hydrogen (secondary N) is 2. The third-order valence-electron chi connectivity index (χ3n) is 3.71. The monoisotopic (exact) mass is 328 g/mol. The van der Waals surface area contributed by atoms with E-state index in [4.69, 9.17) is 10.8 Å². The smallest absolute Gasteiger partial charge is 0.325 e. The zero-order chi connectivity index (χ0) is 17.7. The maximum atomic E-state index is 12.3. The van der Waals surface area contributed by atoms with Crippen LogP contribution in [0.1, 0.15) is 33.6 Å². The van der Waals surface area contributed by atoms with Gasteiger partial charge in [-0.25, -0.2) is 0 Å². The van der Waals surface area contributed by atoms with Gasteiger partial charge in [-0.15, -0.1) is 0 Å². The molecule has 9 heteroatoms. The van der Waals surface area contributed by atoms with E-state index in [9.17, 15) is 19.2 Å². The molecule has 0 aromatic carbocycles. The Labute approximate surface area is 134 Å². The first-order valence-corrected chi connectivity index (χ1v) is 7.54. The van der Waals surface area contributed by atoms with Crippen molar-refractivity contribution in [2.24, 2.45) is 5.73 Å². The number of likely N-dealkylation sites (tertiary alicyclic amines) is 1. The van der Waals surface area contributed by atoms with Gasteiger partial charge in [-0.3, -0.25) is 19.2 Å². The molecule has 1 saturated heterocycles. The van der Waals surface area contributed by atoms with E-state index in [1.165, 1.54) is 18.7 Å². The number of carboxylic acids is 1. The Bertz CT molecular complexity index is 494. The van der Waals surface area contributed by atoms with Crippen molar-refractivity contribution in [3.63, 3.8) is 0 Å². The molecule has 23 heavy (non-hydrogen) atoms. The van der Waals surface area contributed by atoms with Gasteiger partial charge in [0.15, 0.2) is 0 Å². The maximum Gasteiger partial charge on any atom is 0.325 e. The molecule has 1 heterocycles. The molecular weight excluding hydrogens is 304 g/mol. The summed E-state index contributed by atoms with van der Waals surface area (Å²) in [5.74, 6) is -2.51. The summed E-state index contributed by atoms with van der Waals surface area (Å²) in [6, 6.07) is -3.30. The molecule has 0 saturated carbocycles. The second kappa shape index (κ2) is 7.91. The van der Waals surface area contributed by atoms with Gasteiger partial charge in [0.25, 0.3) is 0 Å². The lowest BCUT2D eigenvalue weighted by molar-refractivity contribution is -0.142. The van der Waals surface area contributed by atoms with Gasteiger partial charge < -0.3 is 26.4 Å². The number of rotatable bonds is 6. The summed E-state index contributed by atoms with van der Waals surface area (Å²) >= 11 is 0. The second-order valence-corrected chi connectivity index (χ2v) is 5.78. The van der Waals surface area contributed by atoms with Crippen LogP contribution in [0, 0.1) is 0 Å². The maximum absolute atomic E-state index is 12.3. The Hall–Kier alpha value is -2.16. The van der Waals surface area contributed by atoms with Crippen molar-refractivity contribution in [1.29, 1.82) is 0 Å². The summed E-state index contributed by atoms with van der Waals surface area (Å²) in [6.07, 6.45) is 1.19. The van der Waals surface area contributed by atoms with Crippen molar-refractivity contribution in [2.75, 3.05) is 6.54 Å². The van der Waals surface area contributed by atoms with Crippen LogP contribution in [0.5, 0.6) is 0 Å². The number of carbonyl (C=O) groups excluding carboxylic acids is 3. The van der Waals surface area contributed by atoms with Gasteiger partial charge in [-0.2, -0.15) is 0 Å². The van der Waals surface area contributed by atoms with Gasteiger partial charge in [-0.1, -0.05) is 0 Å². The molecule has 1 fully saturated rings. The number of nitrogens with zero attached hydrogens (tertiary/aromatic N) is 1. The van der Waals surface area contributed by atoms with E-state index in [0.717, 1.165) is 0 Å². The average molecular weight is 328 g/mol. The highest BCUT2D eigenvalue weighted by atomic mass is 16.4. The van der Waals surface area contributed by atoms with E-state index in [0.29, 0.717) is 19.4 Å². The predicted octanol–water partition coefficient (Wildman–Crippen LogP) is -1.58. The number of aliphatic carboxylic acids is 1. The minimum absolute atomic E-state index is 0.306. The van der Waals surface area contributed by atoms with Crippen LogP contribution < -0.4 is 16.4 Å². The molecule has 0 unspecified atom stereocenters. The minimum Gasteiger partial charge on any atom is -0.480 e. The molecule has 1 rings (SSSR count). The molecule has 0 bridgehead atoms. The molecule has 0 aromatic heterocycles. The van der Waals surface area contributed by atoms with Crippen molar-refractivity contribution in [3.05, 3.63) is 0 Å². The van der Waals surface area contributed by atoms with E-state index < -0.39 is 42.0 Å². The van der Waals surface area contributed by atoms with Crippen LogP contribution in [0.15, 0.2) is 0 Å². The highest BCUT2D eigenvalue weighted by molar-refractivity contribution is 5.94. The Balaban J connectivity index is 2.62. The van der Waals surface area contributed by atoms with E-state index in [-0.39, 0.29) is 5.91 Å². The van der Waals surface area contributed by atoms with Gasteiger partial charge in [0, 0.05) is 6.54 Å². The molecule has 4 atom stereocenters. The first-order chi connectivity index (χ1) is 10.6. The predicted molar refractivity (Wildman–Crippen MR) is 81.2 cm³/mol. The standard InChI is InChI=1S/C14H24N4O5/c1-7(15)13(21)18-6-4-5-10(18)12(20)16-8(2)11(19)17-9(3)14(22)23/h7-10H,4-6,15H2,1-3H3,(H,16,20)(H,17,19)(H,22,23)/t7-,8-,9-,10-/m0/s1. The molecule has 130 valence electrons. The fourth-order valence-corrected chi connectivity index (χ4v) is 2.34. The lowest BCUT2D eigenvalue weighted by Crippen LogP contribution is -2.55. The van der Waals surface area contributed by atoms with Crippen molar-refractivity contribution in [3.8, 4) is 0 Å². The van der Waals surface area contributed by atoms with Crippen LogP contribution >= 0.6 is 0 Å². The fraction of sp³-hybridized carbons (Fsp3) is 0.714. The van der Waals surface area contributed by atoms with E-state index >= 15 is 0 Å². The number of amides is 3. The highest BCUT2D eigenvalue weighted by Crippen LogP contribution is 2.18. The Morgan fingerprint density at radius 2 is 1.74 bits per heavy atom. The highest BCUT2D eigenvalue weighted by Gasteiger charge is 2.36. The van der Waals surface area contributed by atoms with Crippen LogP contribution in [0.3, 0.4) is 0 Å². The van der Waals surface area contributed by atoms with Crippen molar-refractivity contribution in [1.82, 2.24) is 15.5 Å². The minimum atomic E-state index is -1.17. The van der Waals surface area contributed by atoms with Gasteiger partial charge in [0.1, 0.15) is 18.1 Å². The molecule has 1 aliphatic rings. The summed E-state index contributed by atoms with van der Waals surface area (Å²) in [4.78, 5) is 48.2. The first kappa shape index (κ1) is 18.9. The molecule has 0 aromatic rings. The average Bonchev–Trinajstić information content (AvgIpc) is 2.95. The second-order valence-electron chi connectivity index (χ2n) is 5.78. The Morgan fingerprint density at radius 1 is 1.13 bits per heavy atom. The van der Waals surface area contributed by atoms with Gasteiger partial charge in [0.05, 0.1) is 6.04 Å². The molecule has 1 aliphatic heterocycles. The largest absolute Gasteiger partial charge is 0.480 e. The molecule has 0 aliphatic carbocycles. The molecule has 9 nitrogen and oxygen atoms in total. The van der Waals surface area contributed by atoms with E-state index in [2.05, 4.69) is 10.6 Å². The van der Waals surface area contributed by atoms with Gasteiger partial charge in [-0.05, 0) is 33.6 Å². The van der Waals surface area contributed by atoms with Crippen LogP contribution in [-0.2, 0) is 19.2 Å². The number of hydrogen-bond donors (Lipinski definition) is 4. The third kappa shape index (κ3) is 4.92. The van der Waals surface area contributed by atoms with Crippen molar-refractivity contribution in [2.45, 2.75) is 57.8 Å². The summed E-state index contributed by atoms with van der Waals surface area (Å²) < 4.78 is 0. The molecule has 5 N–H and O–H groups in total. The quantitative estimate of drug-likeness (QED) is 0.463. The number of nitrogens with two attached hydrogens (primary N) is 1. The van der Waals surface area contributed by atoms with Crippen LogP contribution in [0.2, 0.25) is 0 Å². The normalized spacial score (nSPS) is 21.2. The van der Waals surface area contributed by atoms with Crippen molar-refractivity contribution >= 4 is 23.7 Å². The Morgan fingerprint density at radius 3 is 2.26 bits per heavy atom. The van der Waals surface area contributed by atoms with Crippen LogP contribution in [-0.4, -0.2) is 64.4 Å². The summed E-state index contributed by atoms with van der Waals surface area (Å²) in [6.45, 7) is 4.79. The summed E-state index contributed by atoms with van der Waals surface area (Å²) in [5.41, 5.74) is 5.57. The summed E-state index contributed by atoms with van der Waals surface area (Å²) in [5, 5.41) is 13.5. The molecule has 3 amide bonds. The van der Waals surface area contributed by atoms with Crippen molar-refractivity contribution < 1.29 is 24.3 Å². The van der Waals surface area contributed by atoms with Crippen LogP contribution in [0.4, 0.5) is 0 Å². The first-order valence-electron chi connectivity index (χ1n) is 7.54. The lowest BCUT2D eigenvalue weighted by atomic mass is 10.1. The van der Waals surface area contributed by atoms with Gasteiger partial charge in [0.2, 0.25) is 17.7 Å². The van der Waals surface area contributed by atoms with E-state index in [1.54, 1.807) is 6.92 Å². The summed E-state index contributed by atoms with van der Waals surface area (Å²) in [7, 11) is 0. The zero-order valence-corrected chi connectivity index (χ0v) is 13.5. The van der Waals surface area contributed by atoms with E-state index in [1.807, 2.05) is 0 Å². The molecule has 0 spiro atoms. The van der Waals surface area contributed by atoms with Crippen LogP contribution in [0.25, 0.3) is 0 Å². The lowest BCUT2D eigenvalue weighted by Gasteiger charge is -2.26. The zero-order valence-electron chi connectivity index (χ0n) is 13.5.